The molecule has 9 heteroatoms. The number of benzene rings is 2. The van der Waals surface area contributed by atoms with Gasteiger partial charge < -0.3 is 0 Å². The number of nitrogens with one attached hydrogen (secondary N) is 2. The summed E-state index contributed by atoms with van der Waals surface area (Å²) >= 11 is 1.05. The molecule has 1 heterocycles. The maximum absolute atomic E-state index is 13.2. The molecule has 0 aliphatic rings. The number of carbonyl (C=O) groups excluding carboxylic acids is 1. The van der Waals surface area contributed by atoms with Crippen LogP contribution in [-0.2, 0) is 11.3 Å². The minimum atomic E-state index is -0.967. The molecule has 2 N–H and O–H groups in total. The largest absolute Gasteiger partial charge is 0.277 e. The van der Waals surface area contributed by atoms with Gasteiger partial charge >= 0.3 is 0 Å². The van der Waals surface area contributed by atoms with Gasteiger partial charge in [0.25, 0.3) is 5.56 Å². The number of amides is 1. The first-order valence-electron chi connectivity index (χ1n) is 8.12. The van der Waals surface area contributed by atoms with E-state index in [2.05, 4.69) is 15.8 Å². The van der Waals surface area contributed by atoms with Crippen LogP contribution in [-0.4, -0.2) is 21.2 Å². The highest BCUT2D eigenvalue weighted by molar-refractivity contribution is 8.00. The molecule has 27 heavy (non-hydrogen) atoms. The van der Waals surface area contributed by atoms with Gasteiger partial charge in [0.2, 0.25) is 11.9 Å². The van der Waals surface area contributed by atoms with Crippen molar-refractivity contribution in [2.45, 2.75) is 18.4 Å². The number of anilines is 1. The summed E-state index contributed by atoms with van der Waals surface area (Å²) in [7, 11) is 0. The number of thioether (sulfide) groups is 1. The minimum absolute atomic E-state index is 0.0258. The monoisotopic (exact) mass is 390 g/mol. The van der Waals surface area contributed by atoms with Gasteiger partial charge in [-0.2, -0.15) is 0 Å². The number of hydrazine groups is 1. The van der Waals surface area contributed by atoms with E-state index in [9.17, 15) is 18.4 Å². The zero-order valence-corrected chi connectivity index (χ0v) is 15.1. The van der Waals surface area contributed by atoms with E-state index in [0.29, 0.717) is 22.3 Å². The molecule has 0 radical (unpaired) electrons. The van der Waals surface area contributed by atoms with Crippen molar-refractivity contribution in [1.82, 2.24) is 15.0 Å². The Morgan fingerprint density at radius 2 is 1.96 bits per heavy atom. The molecule has 0 saturated carbocycles. The van der Waals surface area contributed by atoms with Crippen LogP contribution in [0.25, 0.3) is 10.9 Å². The van der Waals surface area contributed by atoms with Crippen molar-refractivity contribution in [1.29, 1.82) is 0 Å². The van der Waals surface area contributed by atoms with Crippen molar-refractivity contribution >= 4 is 34.5 Å². The Hall–Kier alpha value is -2.94. The Morgan fingerprint density at radius 1 is 1.19 bits per heavy atom. The van der Waals surface area contributed by atoms with E-state index in [1.807, 2.05) is 0 Å². The zero-order valence-electron chi connectivity index (χ0n) is 14.3. The summed E-state index contributed by atoms with van der Waals surface area (Å²) in [5.41, 5.74) is 5.42. The lowest BCUT2D eigenvalue weighted by Crippen LogP contribution is -2.35. The van der Waals surface area contributed by atoms with E-state index in [0.717, 1.165) is 23.9 Å². The molecule has 0 unspecified atom stereocenters. The molecular weight excluding hydrogens is 374 g/mol. The fraction of sp³-hybridized carbons (Fsp3) is 0.167. The van der Waals surface area contributed by atoms with Crippen molar-refractivity contribution in [2.75, 3.05) is 11.2 Å². The van der Waals surface area contributed by atoms with Crippen LogP contribution >= 0.6 is 11.8 Å². The molecule has 1 aromatic heterocycles. The number of nitrogens with zero attached hydrogens (tertiary/aromatic N) is 2. The van der Waals surface area contributed by atoms with Crippen molar-refractivity contribution in [3.8, 4) is 0 Å². The minimum Gasteiger partial charge on any atom is -0.277 e. The Kier molecular flexibility index (Phi) is 5.70. The van der Waals surface area contributed by atoms with Gasteiger partial charge in [-0.15, -0.1) is 11.8 Å². The maximum atomic E-state index is 13.2. The standard InChI is InChI=1S/C18H16F2N4O2S/c1-2-24-17(26)12-5-3-4-6-15(12)21-18(24)23-22-16(25)10-27-11-7-8-13(19)14(20)9-11/h3-9H,2,10H2,1H3,(H,21,23)(H,22,25). The molecule has 3 rings (SSSR count). The van der Waals surface area contributed by atoms with Crippen molar-refractivity contribution in [3.63, 3.8) is 0 Å². The highest BCUT2D eigenvalue weighted by Gasteiger charge is 2.11. The summed E-state index contributed by atoms with van der Waals surface area (Å²) < 4.78 is 27.5. The van der Waals surface area contributed by atoms with Crippen molar-refractivity contribution in [2.24, 2.45) is 0 Å². The highest BCUT2D eigenvalue weighted by atomic mass is 32.2. The second kappa shape index (κ2) is 8.17. The zero-order chi connectivity index (χ0) is 19.4. The number of carbonyl (C=O) groups is 1. The number of hydrogen-bond donors (Lipinski definition) is 2. The first-order chi connectivity index (χ1) is 13.0. The van der Waals surface area contributed by atoms with Gasteiger partial charge in [-0.25, -0.2) is 13.8 Å². The summed E-state index contributed by atoms with van der Waals surface area (Å²) in [6.07, 6.45) is 0. The van der Waals surface area contributed by atoms with E-state index in [1.165, 1.54) is 10.6 Å². The number of halogens is 2. The number of aromatic nitrogens is 2. The molecule has 0 spiro atoms. The first-order valence-corrected chi connectivity index (χ1v) is 9.10. The van der Waals surface area contributed by atoms with Gasteiger partial charge in [0.1, 0.15) is 0 Å². The first kappa shape index (κ1) is 18.8. The lowest BCUT2D eigenvalue weighted by Gasteiger charge is -2.14. The molecule has 0 bridgehead atoms. The summed E-state index contributed by atoms with van der Waals surface area (Å²) in [5, 5.41) is 0.491. The van der Waals surface area contributed by atoms with Gasteiger partial charge in [-0.3, -0.25) is 25.0 Å². The van der Waals surface area contributed by atoms with Crippen molar-refractivity contribution in [3.05, 3.63) is 64.5 Å². The van der Waals surface area contributed by atoms with Gasteiger partial charge in [0.15, 0.2) is 11.6 Å². The lowest BCUT2D eigenvalue weighted by molar-refractivity contribution is -0.118. The van der Waals surface area contributed by atoms with Gasteiger partial charge in [0.05, 0.1) is 16.7 Å². The van der Waals surface area contributed by atoms with Crippen LogP contribution in [0.5, 0.6) is 0 Å². The molecular formula is C18H16F2N4O2S. The quantitative estimate of drug-likeness (QED) is 0.500. The van der Waals surface area contributed by atoms with Crippen LogP contribution in [0, 0.1) is 11.6 Å². The number of fused-ring (bicyclic) bond motifs is 1. The second-order valence-electron chi connectivity index (χ2n) is 5.54. The Bertz CT molecular complexity index is 1060. The van der Waals surface area contributed by atoms with Crippen LogP contribution in [0.15, 0.2) is 52.2 Å². The van der Waals surface area contributed by atoms with Crippen LogP contribution in [0.1, 0.15) is 6.92 Å². The third kappa shape index (κ3) is 4.25. The highest BCUT2D eigenvalue weighted by Crippen LogP contribution is 2.20. The van der Waals surface area contributed by atoms with Crippen molar-refractivity contribution < 1.29 is 13.6 Å². The SMILES string of the molecule is CCn1c(NNC(=O)CSc2ccc(F)c(F)c2)nc2ccccc2c1=O. The normalized spacial score (nSPS) is 10.8. The summed E-state index contributed by atoms with van der Waals surface area (Å²) in [4.78, 5) is 29.3. The van der Waals surface area contributed by atoms with E-state index in [4.69, 9.17) is 0 Å². The van der Waals surface area contributed by atoms with E-state index >= 15 is 0 Å². The Labute approximate surface area is 157 Å². The van der Waals surface area contributed by atoms with Gasteiger partial charge in [0, 0.05) is 11.4 Å². The fourth-order valence-electron chi connectivity index (χ4n) is 2.43. The number of rotatable bonds is 6. The van der Waals surface area contributed by atoms with Crippen LogP contribution < -0.4 is 16.4 Å². The second-order valence-corrected chi connectivity index (χ2v) is 6.59. The average Bonchev–Trinajstić information content (AvgIpc) is 2.67. The van der Waals surface area contributed by atoms with E-state index in [1.54, 1.807) is 31.2 Å². The van der Waals surface area contributed by atoms with Gasteiger partial charge in [-0.1, -0.05) is 12.1 Å². The predicted octanol–water partition coefficient (Wildman–Crippen LogP) is 2.93. The fourth-order valence-corrected chi connectivity index (χ4v) is 3.16. The molecule has 0 fully saturated rings. The molecule has 0 atom stereocenters. The van der Waals surface area contributed by atoms with E-state index in [-0.39, 0.29) is 17.3 Å². The molecule has 3 aromatic rings. The van der Waals surface area contributed by atoms with Crippen LogP contribution in [0.3, 0.4) is 0 Å². The molecule has 0 aliphatic heterocycles. The summed E-state index contributed by atoms with van der Waals surface area (Å²) in [6, 6.07) is 10.4. The average molecular weight is 390 g/mol. The number of para-hydroxylation sites is 1. The topological polar surface area (TPSA) is 76.0 Å². The number of hydrogen-bond acceptors (Lipinski definition) is 5. The molecule has 6 nitrogen and oxygen atoms in total. The molecule has 2 aromatic carbocycles. The molecule has 0 aliphatic carbocycles. The summed E-state index contributed by atoms with van der Waals surface area (Å²) in [5.74, 6) is -2.12. The summed E-state index contributed by atoms with van der Waals surface area (Å²) in [6.45, 7) is 2.17. The third-order valence-corrected chi connectivity index (χ3v) is 4.75. The molecule has 1 amide bonds. The Balaban J connectivity index is 1.68. The maximum Gasteiger partial charge on any atom is 0.262 e. The van der Waals surface area contributed by atoms with E-state index < -0.39 is 17.5 Å². The lowest BCUT2D eigenvalue weighted by atomic mass is 10.2. The molecule has 0 saturated heterocycles. The van der Waals surface area contributed by atoms with Crippen LogP contribution in [0.2, 0.25) is 0 Å². The third-order valence-electron chi connectivity index (χ3n) is 3.75. The van der Waals surface area contributed by atoms with Gasteiger partial charge in [-0.05, 0) is 37.3 Å². The molecule has 140 valence electrons. The Morgan fingerprint density at radius 3 is 2.70 bits per heavy atom. The smallest absolute Gasteiger partial charge is 0.262 e. The predicted molar refractivity (Wildman–Crippen MR) is 101 cm³/mol. The van der Waals surface area contributed by atoms with Crippen LogP contribution in [0.4, 0.5) is 14.7 Å².